The zero-order valence-electron chi connectivity index (χ0n) is 22.9. The maximum absolute atomic E-state index is 7.29. The predicted octanol–water partition coefficient (Wildman–Crippen LogP) is 3.86. The number of aromatic nitrogens is 4. The number of rotatable bonds is 6. The number of anilines is 2. The van der Waals surface area contributed by atoms with Crippen LogP contribution in [0.4, 0.5) is 11.8 Å². The third kappa shape index (κ3) is 4.27. The Morgan fingerprint density at radius 1 is 0.972 bits per heavy atom. The molecule has 36 heavy (non-hydrogen) atoms. The fourth-order valence-electron chi connectivity index (χ4n) is 5.74. The van der Waals surface area contributed by atoms with Crippen molar-refractivity contribution in [3.63, 3.8) is 0 Å². The van der Waals surface area contributed by atoms with Gasteiger partial charge in [-0.3, -0.25) is 4.57 Å². The second-order valence-electron chi connectivity index (χ2n) is 11.1. The highest BCUT2D eigenvalue weighted by atomic mass is 28.5. The van der Waals surface area contributed by atoms with E-state index in [9.17, 15) is 0 Å². The van der Waals surface area contributed by atoms with Gasteiger partial charge in [-0.05, 0) is 22.2 Å². The standard InChI is InChI=1S/C23H42N6O5Si2/c1-12(2)35(13(3)4)31-10-16-18(33-36(34-35,14(5)6)15(7)8)19(30-9)22(32-16)29-11-26-17-20(24)27-23(25)28-21(17)29/h11-16,18-19,22H,10H2,1-9H3,(H4,24,25,27,28)/t16-,18-,19-,22+/m1/s1. The van der Waals surface area contributed by atoms with Gasteiger partial charge < -0.3 is 33.9 Å². The fourth-order valence-corrected chi connectivity index (χ4v) is 16.9. The van der Waals surface area contributed by atoms with Crippen molar-refractivity contribution >= 4 is 40.1 Å². The zero-order chi connectivity index (χ0) is 26.6. The molecule has 0 aliphatic carbocycles. The quantitative estimate of drug-likeness (QED) is 0.521. The predicted molar refractivity (Wildman–Crippen MR) is 143 cm³/mol. The molecule has 0 saturated carbocycles. The molecule has 4 rings (SSSR count). The molecular formula is C23H42N6O5Si2. The SMILES string of the molecule is CO[C@@H]1[C@@H]2O[Si](C(C)C)(C(C)C)O[Si](C(C)C)(C(C)C)OC[C@H]2O[C@@H]1n1cnc2c(N)nc(N)nc21. The highest BCUT2D eigenvalue weighted by Gasteiger charge is 2.62. The van der Waals surface area contributed by atoms with Crippen molar-refractivity contribution in [2.75, 3.05) is 25.2 Å². The Morgan fingerprint density at radius 3 is 2.14 bits per heavy atom. The minimum atomic E-state index is -2.82. The normalized spacial score (nSPS) is 28.2. The summed E-state index contributed by atoms with van der Waals surface area (Å²) >= 11 is 0. The minimum Gasteiger partial charge on any atom is -0.414 e. The Kier molecular flexibility index (Phi) is 7.56. The second kappa shape index (κ2) is 9.93. The first-order valence-electron chi connectivity index (χ1n) is 12.8. The molecule has 11 nitrogen and oxygen atoms in total. The van der Waals surface area contributed by atoms with E-state index in [1.807, 2.05) is 0 Å². The topological polar surface area (TPSA) is 142 Å². The van der Waals surface area contributed by atoms with Crippen molar-refractivity contribution in [3.8, 4) is 0 Å². The molecule has 2 fully saturated rings. The monoisotopic (exact) mass is 538 g/mol. The van der Waals surface area contributed by atoms with E-state index in [-0.39, 0.29) is 40.0 Å². The maximum Gasteiger partial charge on any atom is 0.335 e. The van der Waals surface area contributed by atoms with Crippen molar-refractivity contribution in [2.45, 2.75) is 102 Å². The average Bonchev–Trinajstić information content (AvgIpc) is 3.33. The van der Waals surface area contributed by atoms with Crippen LogP contribution in [-0.2, 0) is 22.4 Å². The summed E-state index contributed by atoms with van der Waals surface area (Å²) in [5.74, 6) is 0.293. The molecule has 4 N–H and O–H groups in total. The summed E-state index contributed by atoms with van der Waals surface area (Å²) in [5.41, 5.74) is 13.8. The number of methoxy groups -OCH3 is 1. The summed E-state index contributed by atoms with van der Waals surface area (Å²) < 4.78 is 35.8. The molecule has 0 aromatic carbocycles. The van der Waals surface area contributed by atoms with Gasteiger partial charge in [0.25, 0.3) is 0 Å². The number of nitrogens with two attached hydrogens (primary N) is 2. The van der Waals surface area contributed by atoms with Crippen LogP contribution in [0, 0.1) is 0 Å². The van der Waals surface area contributed by atoms with E-state index >= 15 is 0 Å². The number of hydrogen-bond donors (Lipinski definition) is 2. The zero-order valence-corrected chi connectivity index (χ0v) is 24.9. The molecule has 4 atom stereocenters. The summed E-state index contributed by atoms with van der Waals surface area (Å²) in [6.07, 6.45) is -0.123. The lowest BCUT2D eigenvalue weighted by Gasteiger charge is -2.51. The van der Waals surface area contributed by atoms with Gasteiger partial charge in [0.05, 0.1) is 12.9 Å². The molecule has 2 aromatic heterocycles. The maximum atomic E-state index is 7.29. The molecular weight excluding hydrogens is 496 g/mol. The second-order valence-corrected chi connectivity index (χ2v) is 20.0. The van der Waals surface area contributed by atoms with Gasteiger partial charge in [-0.1, -0.05) is 55.4 Å². The molecule has 0 unspecified atom stereocenters. The molecule has 0 amide bonds. The largest absolute Gasteiger partial charge is 0.414 e. The van der Waals surface area contributed by atoms with Crippen LogP contribution in [0.3, 0.4) is 0 Å². The van der Waals surface area contributed by atoms with Crippen LogP contribution in [0.2, 0.25) is 22.2 Å². The van der Waals surface area contributed by atoms with Gasteiger partial charge in [-0.25, -0.2) is 4.98 Å². The van der Waals surface area contributed by atoms with Gasteiger partial charge >= 0.3 is 17.1 Å². The highest BCUT2D eigenvalue weighted by molar-refractivity contribution is 6.84. The van der Waals surface area contributed by atoms with Crippen molar-refractivity contribution < 1.29 is 22.4 Å². The number of hydrogen-bond acceptors (Lipinski definition) is 10. The third-order valence-electron chi connectivity index (χ3n) is 7.63. The van der Waals surface area contributed by atoms with Gasteiger partial charge in [0.1, 0.15) is 23.8 Å². The molecule has 0 bridgehead atoms. The molecule has 4 heterocycles. The Hall–Kier alpha value is -1.62. The Labute approximate surface area is 215 Å². The Morgan fingerprint density at radius 2 is 1.58 bits per heavy atom. The van der Waals surface area contributed by atoms with Crippen molar-refractivity contribution in [2.24, 2.45) is 0 Å². The third-order valence-corrected chi connectivity index (χ3v) is 17.9. The van der Waals surface area contributed by atoms with Crippen molar-refractivity contribution in [1.82, 2.24) is 19.5 Å². The number of fused-ring (bicyclic) bond motifs is 2. The summed E-state index contributed by atoms with van der Waals surface area (Å²) in [6.45, 7) is 18.0. The van der Waals surface area contributed by atoms with Gasteiger partial charge in [0.15, 0.2) is 17.7 Å². The van der Waals surface area contributed by atoms with Crippen LogP contribution in [-0.4, -0.2) is 68.7 Å². The van der Waals surface area contributed by atoms with Crippen molar-refractivity contribution in [3.05, 3.63) is 6.33 Å². The minimum absolute atomic E-state index is 0.0726. The number of imidazole rings is 1. The van der Waals surface area contributed by atoms with E-state index < -0.39 is 35.6 Å². The van der Waals surface area contributed by atoms with Gasteiger partial charge in [-0.2, -0.15) is 9.97 Å². The first-order valence-corrected chi connectivity index (χ1v) is 16.8. The number of ether oxygens (including phenoxy) is 2. The van der Waals surface area contributed by atoms with Crippen LogP contribution in [0.15, 0.2) is 6.33 Å². The summed E-state index contributed by atoms with van der Waals surface area (Å²) in [7, 11) is -3.84. The summed E-state index contributed by atoms with van der Waals surface area (Å²) in [5, 5.41) is 0. The van der Waals surface area contributed by atoms with Crippen LogP contribution in [0.5, 0.6) is 0 Å². The van der Waals surface area contributed by atoms with Crippen LogP contribution >= 0.6 is 0 Å². The summed E-state index contributed by atoms with van der Waals surface area (Å²) in [4.78, 5) is 12.8. The van der Waals surface area contributed by atoms with E-state index in [1.54, 1.807) is 18.0 Å². The molecule has 0 spiro atoms. The van der Waals surface area contributed by atoms with Crippen molar-refractivity contribution in [1.29, 1.82) is 0 Å². The lowest BCUT2D eigenvalue weighted by atomic mass is 10.1. The van der Waals surface area contributed by atoms with Crippen LogP contribution in [0.1, 0.15) is 61.6 Å². The first kappa shape index (κ1) is 27.4. The van der Waals surface area contributed by atoms with Crippen LogP contribution in [0.25, 0.3) is 11.2 Å². The molecule has 2 aliphatic heterocycles. The molecule has 13 heteroatoms. The Bertz CT molecular complexity index is 1060. The summed E-state index contributed by atoms with van der Waals surface area (Å²) in [6, 6.07) is 0. The average molecular weight is 539 g/mol. The molecule has 2 saturated heterocycles. The fraction of sp³-hybridized carbons (Fsp3) is 0.783. The smallest absolute Gasteiger partial charge is 0.335 e. The van der Waals surface area contributed by atoms with E-state index in [2.05, 4.69) is 70.3 Å². The molecule has 0 radical (unpaired) electrons. The van der Waals surface area contributed by atoms with E-state index in [4.69, 9.17) is 33.9 Å². The van der Waals surface area contributed by atoms with E-state index in [1.165, 1.54) is 0 Å². The van der Waals surface area contributed by atoms with Crippen LogP contribution < -0.4 is 11.5 Å². The number of nitrogens with zero attached hydrogens (tertiary/aromatic N) is 4. The molecule has 202 valence electrons. The van der Waals surface area contributed by atoms with E-state index in [0.29, 0.717) is 17.8 Å². The van der Waals surface area contributed by atoms with Gasteiger partial charge in [-0.15, -0.1) is 0 Å². The van der Waals surface area contributed by atoms with Gasteiger partial charge in [0.2, 0.25) is 5.95 Å². The lowest BCUT2D eigenvalue weighted by molar-refractivity contribution is -0.0602. The molecule has 2 aliphatic rings. The van der Waals surface area contributed by atoms with E-state index in [0.717, 1.165) is 0 Å². The highest BCUT2D eigenvalue weighted by Crippen LogP contribution is 2.49. The Balaban J connectivity index is 1.81. The number of nitrogen functional groups attached to an aromatic ring is 2. The lowest BCUT2D eigenvalue weighted by Crippen LogP contribution is -2.65. The first-order chi connectivity index (χ1) is 16.9. The van der Waals surface area contributed by atoms with Gasteiger partial charge in [0, 0.05) is 7.11 Å². The molecule has 2 aromatic rings.